The normalized spacial score (nSPS) is 10.6. The van der Waals surface area contributed by atoms with Gasteiger partial charge in [-0.3, -0.25) is 25.0 Å². The number of nitrogens with zero attached hydrogens (tertiary/aromatic N) is 2. The third kappa shape index (κ3) is 11.8. The van der Waals surface area contributed by atoms with E-state index in [2.05, 4.69) is 12.2 Å². The smallest absolute Gasteiger partial charge is 0.305 e. The summed E-state index contributed by atoms with van der Waals surface area (Å²) in [5, 5.41) is 24.6. The maximum absolute atomic E-state index is 11.5. The maximum atomic E-state index is 11.5. The minimum absolute atomic E-state index is 0.183. The number of rotatable bonds is 18. The van der Waals surface area contributed by atoms with Crippen LogP contribution in [-0.2, 0) is 19.0 Å². The Morgan fingerprint density at radius 3 is 2.29 bits per heavy atom. The van der Waals surface area contributed by atoms with Crippen LogP contribution in [0.1, 0.15) is 45.4 Å². The first kappa shape index (κ1) is 26.2. The van der Waals surface area contributed by atoms with Crippen LogP contribution in [0.5, 0.6) is 0 Å². The van der Waals surface area contributed by atoms with Crippen molar-refractivity contribution >= 4 is 23.0 Å². The number of non-ortho nitro benzene ring substituents is 1. The topological polar surface area (TPSA) is 143 Å². The number of hydrogen-bond donors (Lipinski definition) is 1. The van der Waals surface area contributed by atoms with Gasteiger partial charge in [0.05, 0.1) is 42.3 Å². The van der Waals surface area contributed by atoms with Crippen molar-refractivity contribution in [2.45, 2.75) is 45.4 Å². The number of ether oxygens (including phenoxy) is 3. The van der Waals surface area contributed by atoms with Gasteiger partial charge in [0.1, 0.15) is 12.3 Å². The fourth-order valence-electron chi connectivity index (χ4n) is 2.67. The average Bonchev–Trinajstić information content (AvgIpc) is 2.74. The van der Waals surface area contributed by atoms with Crippen LogP contribution in [0.25, 0.3) is 0 Å². The first-order valence-electron chi connectivity index (χ1n) is 10.4. The number of nitrogens with one attached hydrogen (secondary N) is 1. The van der Waals surface area contributed by atoms with Crippen LogP contribution in [0.15, 0.2) is 18.2 Å². The van der Waals surface area contributed by atoms with Crippen LogP contribution in [-0.4, -0.2) is 55.4 Å². The van der Waals surface area contributed by atoms with E-state index in [0.29, 0.717) is 19.6 Å². The number of carbonyl (C=O) groups is 1. The van der Waals surface area contributed by atoms with Crippen molar-refractivity contribution in [3.05, 3.63) is 38.4 Å². The Morgan fingerprint density at radius 2 is 1.61 bits per heavy atom. The highest BCUT2D eigenvalue weighted by Crippen LogP contribution is 2.28. The fourth-order valence-corrected chi connectivity index (χ4v) is 2.67. The summed E-state index contributed by atoms with van der Waals surface area (Å²) in [6.45, 7) is 3.84. The predicted molar refractivity (Wildman–Crippen MR) is 114 cm³/mol. The summed E-state index contributed by atoms with van der Waals surface area (Å²) >= 11 is 0. The number of hydrogen-bond acceptors (Lipinski definition) is 9. The van der Waals surface area contributed by atoms with Crippen molar-refractivity contribution in [2.75, 3.05) is 44.9 Å². The molecule has 0 radical (unpaired) electrons. The number of carbonyl (C=O) groups excluding carboxylic acids is 1. The Bertz CT molecular complexity index is 699. The molecule has 31 heavy (non-hydrogen) atoms. The summed E-state index contributed by atoms with van der Waals surface area (Å²) in [4.78, 5) is 31.9. The van der Waals surface area contributed by atoms with Gasteiger partial charge in [-0.05, 0) is 12.5 Å². The van der Waals surface area contributed by atoms with Gasteiger partial charge in [0.25, 0.3) is 11.4 Å². The first-order chi connectivity index (χ1) is 15.0. The molecule has 0 aliphatic rings. The quantitative estimate of drug-likeness (QED) is 0.155. The number of anilines is 1. The third-order valence-electron chi connectivity index (χ3n) is 4.30. The predicted octanol–water partition coefficient (Wildman–Crippen LogP) is 3.85. The standard InChI is InChI=1S/C20H31N3O8/c1-2-3-4-5-6-7-20(24)31-15-14-30-13-12-29-11-10-21-18-9-8-17(22(25)26)16-19(18)23(27)28/h8-9,16,21H,2-7,10-15H2,1H3. The molecule has 0 saturated heterocycles. The van der Waals surface area contributed by atoms with Gasteiger partial charge in [0, 0.05) is 19.0 Å². The van der Waals surface area contributed by atoms with Crippen LogP contribution < -0.4 is 5.32 Å². The lowest BCUT2D eigenvalue weighted by atomic mass is 10.1. The highest BCUT2D eigenvalue weighted by molar-refractivity contribution is 5.69. The maximum Gasteiger partial charge on any atom is 0.305 e. The SMILES string of the molecule is CCCCCCCC(=O)OCCOCCOCCNc1ccc([N+](=O)[O-])cc1[N+](=O)[O-]. The van der Waals surface area contributed by atoms with Crippen molar-refractivity contribution in [3.8, 4) is 0 Å². The highest BCUT2D eigenvalue weighted by Gasteiger charge is 2.18. The molecule has 0 unspecified atom stereocenters. The van der Waals surface area contributed by atoms with Crippen molar-refractivity contribution in [2.24, 2.45) is 0 Å². The monoisotopic (exact) mass is 441 g/mol. The summed E-state index contributed by atoms with van der Waals surface area (Å²) in [5.41, 5.74) is -0.529. The zero-order valence-electron chi connectivity index (χ0n) is 17.9. The van der Waals surface area contributed by atoms with Gasteiger partial charge in [-0.2, -0.15) is 0 Å². The molecule has 0 saturated carbocycles. The number of nitro benzene ring substituents is 2. The van der Waals surface area contributed by atoms with Gasteiger partial charge in [-0.15, -0.1) is 0 Å². The molecule has 0 atom stereocenters. The van der Waals surface area contributed by atoms with Crippen molar-refractivity contribution in [1.29, 1.82) is 0 Å². The molecule has 11 heteroatoms. The van der Waals surface area contributed by atoms with E-state index >= 15 is 0 Å². The minimum atomic E-state index is -0.685. The van der Waals surface area contributed by atoms with Gasteiger partial charge in [-0.1, -0.05) is 32.6 Å². The first-order valence-corrected chi connectivity index (χ1v) is 10.4. The van der Waals surface area contributed by atoms with E-state index in [-0.39, 0.29) is 49.4 Å². The zero-order valence-corrected chi connectivity index (χ0v) is 17.9. The summed E-state index contributed by atoms with van der Waals surface area (Å²) in [6, 6.07) is 3.41. The summed E-state index contributed by atoms with van der Waals surface area (Å²) in [7, 11) is 0. The second-order valence-corrected chi connectivity index (χ2v) is 6.75. The van der Waals surface area contributed by atoms with Gasteiger partial charge >= 0.3 is 5.97 Å². The van der Waals surface area contributed by atoms with Crippen molar-refractivity contribution < 1.29 is 28.9 Å². The Morgan fingerprint density at radius 1 is 0.935 bits per heavy atom. The molecule has 1 rings (SSSR count). The molecule has 0 aliphatic heterocycles. The van der Waals surface area contributed by atoms with E-state index < -0.39 is 9.85 Å². The van der Waals surface area contributed by atoms with Crippen LogP contribution >= 0.6 is 0 Å². The molecule has 11 nitrogen and oxygen atoms in total. The van der Waals surface area contributed by atoms with E-state index in [1.807, 2.05) is 0 Å². The molecule has 0 aliphatic carbocycles. The van der Waals surface area contributed by atoms with E-state index in [9.17, 15) is 25.0 Å². The molecule has 0 amide bonds. The van der Waals surface area contributed by atoms with Crippen molar-refractivity contribution in [3.63, 3.8) is 0 Å². The molecule has 0 bridgehead atoms. The van der Waals surface area contributed by atoms with Gasteiger partial charge < -0.3 is 19.5 Å². The number of nitro groups is 2. The summed E-state index contributed by atoms with van der Waals surface area (Å²) in [6.07, 6.45) is 5.84. The Labute approximate surface area is 181 Å². The van der Waals surface area contributed by atoms with E-state index in [1.54, 1.807) is 0 Å². The molecular weight excluding hydrogens is 410 g/mol. The lowest BCUT2D eigenvalue weighted by molar-refractivity contribution is -0.393. The van der Waals surface area contributed by atoms with Crippen LogP contribution in [0.4, 0.5) is 17.1 Å². The van der Waals surface area contributed by atoms with E-state index in [0.717, 1.165) is 25.3 Å². The molecule has 1 aromatic carbocycles. The Balaban J connectivity index is 2.05. The molecule has 1 aromatic rings. The van der Waals surface area contributed by atoms with E-state index in [4.69, 9.17) is 14.2 Å². The minimum Gasteiger partial charge on any atom is -0.463 e. The van der Waals surface area contributed by atoms with Gasteiger partial charge in [-0.25, -0.2) is 0 Å². The van der Waals surface area contributed by atoms with Crippen LogP contribution in [0.2, 0.25) is 0 Å². The molecule has 0 heterocycles. The molecule has 1 N–H and O–H groups in total. The highest BCUT2D eigenvalue weighted by atomic mass is 16.6. The van der Waals surface area contributed by atoms with Crippen LogP contribution in [0.3, 0.4) is 0 Å². The number of esters is 1. The molecule has 0 spiro atoms. The third-order valence-corrected chi connectivity index (χ3v) is 4.30. The fraction of sp³-hybridized carbons (Fsp3) is 0.650. The Kier molecular flexibility index (Phi) is 13.5. The van der Waals surface area contributed by atoms with Gasteiger partial charge in [0.2, 0.25) is 0 Å². The second kappa shape index (κ2) is 16.0. The number of benzene rings is 1. The van der Waals surface area contributed by atoms with E-state index in [1.165, 1.54) is 25.0 Å². The van der Waals surface area contributed by atoms with Crippen molar-refractivity contribution in [1.82, 2.24) is 0 Å². The lowest BCUT2D eigenvalue weighted by Crippen LogP contribution is -2.15. The molecule has 0 aromatic heterocycles. The summed E-state index contributed by atoms with van der Waals surface area (Å²) < 4.78 is 15.8. The lowest BCUT2D eigenvalue weighted by Gasteiger charge is -2.09. The van der Waals surface area contributed by atoms with Crippen LogP contribution in [0, 0.1) is 20.2 Å². The molecular formula is C20H31N3O8. The second-order valence-electron chi connectivity index (χ2n) is 6.75. The number of unbranched alkanes of at least 4 members (excludes halogenated alkanes) is 4. The molecule has 0 fully saturated rings. The average molecular weight is 441 g/mol. The Hall–Kier alpha value is -2.79. The zero-order chi connectivity index (χ0) is 22.9. The molecule has 174 valence electrons. The van der Waals surface area contributed by atoms with Gasteiger partial charge in [0.15, 0.2) is 0 Å². The summed E-state index contributed by atoms with van der Waals surface area (Å²) in [5.74, 6) is -0.206. The largest absolute Gasteiger partial charge is 0.463 e.